The highest BCUT2D eigenvalue weighted by molar-refractivity contribution is 9.10. The van der Waals surface area contributed by atoms with Gasteiger partial charge in [-0.15, -0.1) is 0 Å². The molecule has 0 aliphatic carbocycles. The fourth-order valence-corrected chi connectivity index (χ4v) is 2.69. The number of rotatable bonds is 6. The molecule has 0 atom stereocenters. The SMILES string of the molecule is CCOc1ccc(Br)cc1NC(=O)Cc1nc(-c2ccco2)oc1C. The maximum atomic E-state index is 12.4. The van der Waals surface area contributed by atoms with Crippen molar-refractivity contribution < 1.29 is 18.4 Å². The molecule has 1 amide bonds. The molecule has 0 aliphatic heterocycles. The number of ether oxygens (including phenoxy) is 1. The van der Waals surface area contributed by atoms with Crippen LogP contribution in [0.25, 0.3) is 11.7 Å². The molecule has 2 heterocycles. The first-order chi connectivity index (χ1) is 12.1. The molecular weight excluding hydrogens is 388 g/mol. The Morgan fingerprint density at radius 3 is 2.92 bits per heavy atom. The molecule has 0 spiro atoms. The number of benzene rings is 1. The summed E-state index contributed by atoms with van der Waals surface area (Å²) in [7, 11) is 0. The van der Waals surface area contributed by atoms with Crippen LogP contribution < -0.4 is 10.1 Å². The van der Waals surface area contributed by atoms with Crippen molar-refractivity contribution in [3.05, 3.63) is 52.5 Å². The maximum Gasteiger partial charge on any atom is 0.263 e. The van der Waals surface area contributed by atoms with Crippen LogP contribution in [-0.2, 0) is 11.2 Å². The van der Waals surface area contributed by atoms with Crippen LogP contribution >= 0.6 is 15.9 Å². The van der Waals surface area contributed by atoms with E-state index >= 15 is 0 Å². The molecule has 0 radical (unpaired) electrons. The summed E-state index contributed by atoms with van der Waals surface area (Å²) in [6.07, 6.45) is 1.64. The van der Waals surface area contributed by atoms with Crippen LogP contribution in [0.3, 0.4) is 0 Å². The summed E-state index contributed by atoms with van der Waals surface area (Å²) in [5.41, 5.74) is 1.17. The van der Waals surface area contributed by atoms with Crippen molar-refractivity contribution in [2.75, 3.05) is 11.9 Å². The topological polar surface area (TPSA) is 77.5 Å². The fourth-order valence-electron chi connectivity index (χ4n) is 2.33. The number of furan rings is 1. The van der Waals surface area contributed by atoms with Crippen molar-refractivity contribution >= 4 is 27.5 Å². The van der Waals surface area contributed by atoms with Crippen molar-refractivity contribution in [1.82, 2.24) is 4.98 Å². The third-order valence-electron chi connectivity index (χ3n) is 3.47. The van der Waals surface area contributed by atoms with E-state index in [1.165, 1.54) is 0 Å². The lowest BCUT2D eigenvalue weighted by Gasteiger charge is -2.11. The summed E-state index contributed by atoms with van der Waals surface area (Å²) < 4.78 is 17.2. The molecular formula is C18H17BrN2O4. The van der Waals surface area contributed by atoms with E-state index in [-0.39, 0.29) is 12.3 Å². The van der Waals surface area contributed by atoms with E-state index in [0.29, 0.717) is 41.1 Å². The van der Waals surface area contributed by atoms with Gasteiger partial charge in [0.15, 0.2) is 5.76 Å². The number of nitrogens with one attached hydrogen (secondary N) is 1. The molecule has 0 aliphatic rings. The molecule has 3 rings (SSSR count). The van der Waals surface area contributed by atoms with Crippen LogP contribution in [0.4, 0.5) is 5.69 Å². The third-order valence-corrected chi connectivity index (χ3v) is 3.96. The summed E-state index contributed by atoms with van der Waals surface area (Å²) in [6.45, 7) is 4.18. The Morgan fingerprint density at radius 1 is 1.36 bits per heavy atom. The number of hydrogen-bond donors (Lipinski definition) is 1. The average molecular weight is 405 g/mol. The first-order valence-corrected chi connectivity index (χ1v) is 8.58. The van der Waals surface area contributed by atoms with E-state index in [1.807, 2.05) is 13.0 Å². The first-order valence-electron chi connectivity index (χ1n) is 7.79. The van der Waals surface area contributed by atoms with Crippen LogP contribution in [0.5, 0.6) is 5.75 Å². The number of aryl methyl sites for hydroxylation is 1. The van der Waals surface area contributed by atoms with Crippen LogP contribution in [0, 0.1) is 6.92 Å². The predicted molar refractivity (Wildman–Crippen MR) is 96.6 cm³/mol. The molecule has 1 N–H and O–H groups in total. The van der Waals surface area contributed by atoms with Gasteiger partial charge in [-0.1, -0.05) is 15.9 Å². The second kappa shape index (κ2) is 7.57. The minimum absolute atomic E-state index is 0.0914. The standard InChI is InChI=1S/C18H17BrN2O4/c1-3-23-15-7-6-12(19)9-14(15)20-17(22)10-13-11(2)25-18(21-13)16-5-4-8-24-16/h4-9H,3,10H2,1-2H3,(H,20,22). The number of carbonyl (C=O) groups is 1. The largest absolute Gasteiger partial charge is 0.492 e. The lowest BCUT2D eigenvalue weighted by molar-refractivity contribution is -0.115. The third kappa shape index (κ3) is 4.11. The van der Waals surface area contributed by atoms with Gasteiger partial charge in [-0.3, -0.25) is 4.79 Å². The second-order valence-electron chi connectivity index (χ2n) is 5.30. The Morgan fingerprint density at radius 2 is 2.20 bits per heavy atom. The highest BCUT2D eigenvalue weighted by Crippen LogP contribution is 2.29. The summed E-state index contributed by atoms with van der Waals surface area (Å²) in [5.74, 6) is 1.89. The lowest BCUT2D eigenvalue weighted by atomic mass is 10.2. The number of aromatic nitrogens is 1. The van der Waals surface area contributed by atoms with Gasteiger partial charge in [0.1, 0.15) is 11.5 Å². The number of halogens is 1. The van der Waals surface area contributed by atoms with Gasteiger partial charge in [0.25, 0.3) is 5.89 Å². The molecule has 2 aromatic heterocycles. The number of anilines is 1. The van der Waals surface area contributed by atoms with E-state index in [9.17, 15) is 4.79 Å². The van der Waals surface area contributed by atoms with Crippen LogP contribution in [0.15, 0.2) is 49.9 Å². The van der Waals surface area contributed by atoms with Crippen LogP contribution in [0.1, 0.15) is 18.4 Å². The highest BCUT2D eigenvalue weighted by atomic mass is 79.9. The molecule has 0 saturated carbocycles. The Balaban J connectivity index is 1.74. The zero-order valence-electron chi connectivity index (χ0n) is 13.8. The van der Waals surface area contributed by atoms with E-state index in [0.717, 1.165) is 4.47 Å². The quantitative estimate of drug-likeness (QED) is 0.649. The minimum Gasteiger partial charge on any atom is -0.492 e. The van der Waals surface area contributed by atoms with Crippen LogP contribution in [0.2, 0.25) is 0 Å². The fraction of sp³-hybridized carbons (Fsp3) is 0.222. The summed E-state index contributed by atoms with van der Waals surface area (Å²) in [4.78, 5) is 16.8. The van der Waals surface area contributed by atoms with Gasteiger partial charge in [0, 0.05) is 4.47 Å². The van der Waals surface area contributed by atoms with E-state index in [2.05, 4.69) is 26.2 Å². The second-order valence-corrected chi connectivity index (χ2v) is 6.21. The minimum atomic E-state index is -0.207. The highest BCUT2D eigenvalue weighted by Gasteiger charge is 2.17. The van der Waals surface area contributed by atoms with Gasteiger partial charge < -0.3 is 18.9 Å². The van der Waals surface area contributed by atoms with Gasteiger partial charge in [-0.05, 0) is 44.2 Å². The summed E-state index contributed by atoms with van der Waals surface area (Å²) in [5, 5.41) is 2.86. The normalized spacial score (nSPS) is 10.7. The number of carbonyl (C=O) groups excluding carboxylic acids is 1. The molecule has 3 aromatic rings. The molecule has 6 nitrogen and oxygen atoms in total. The molecule has 0 saturated heterocycles. The van der Waals surface area contributed by atoms with Gasteiger partial charge >= 0.3 is 0 Å². The van der Waals surface area contributed by atoms with Gasteiger partial charge in [0.2, 0.25) is 5.91 Å². The summed E-state index contributed by atoms with van der Waals surface area (Å²) >= 11 is 3.40. The van der Waals surface area contributed by atoms with Crippen molar-refractivity contribution in [3.63, 3.8) is 0 Å². The zero-order valence-corrected chi connectivity index (χ0v) is 15.4. The van der Waals surface area contributed by atoms with Gasteiger partial charge in [-0.25, -0.2) is 4.98 Å². The molecule has 25 heavy (non-hydrogen) atoms. The number of oxazole rings is 1. The Labute approximate surface area is 153 Å². The van der Waals surface area contributed by atoms with Crippen molar-refractivity contribution in [2.24, 2.45) is 0 Å². The van der Waals surface area contributed by atoms with Crippen molar-refractivity contribution in [1.29, 1.82) is 0 Å². The predicted octanol–water partition coefficient (Wildman–Crippen LogP) is 4.59. The van der Waals surface area contributed by atoms with Crippen LogP contribution in [-0.4, -0.2) is 17.5 Å². The summed E-state index contributed by atoms with van der Waals surface area (Å²) in [6, 6.07) is 8.97. The van der Waals surface area contributed by atoms with Crippen molar-refractivity contribution in [3.8, 4) is 17.4 Å². The molecule has 1 aromatic carbocycles. The van der Waals surface area contributed by atoms with E-state index in [1.54, 1.807) is 37.5 Å². The zero-order chi connectivity index (χ0) is 17.8. The molecule has 130 valence electrons. The Hall–Kier alpha value is -2.54. The molecule has 7 heteroatoms. The van der Waals surface area contributed by atoms with Gasteiger partial charge in [0.05, 0.1) is 30.7 Å². The first kappa shape index (κ1) is 17.3. The Bertz CT molecular complexity index is 871. The van der Waals surface area contributed by atoms with E-state index in [4.69, 9.17) is 13.6 Å². The monoisotopic (exact) mass is 404 g/mol. The lowest BCUT2D eigenvalue weighted by Crippen LogP contribution is -2.16. The van der Waals surface area contributed by atoms with Crippen molar-refractivity contribution in [2.45, 2.75) is 20.3 Å². The smallest absolute Gasteiger partial charge is 0.263 e. The Kier molecular flexibility index (Phi) is 5.23. The average Bonchev–Trinajstić information content (AvgIpc) is 3.21. The number of hydrogen-bond acceptors (Lipinski definition) is 5. The molecule has 0 bridgehead atoms. The number of nitrogens with zero attached hydrogens (tertiary/aromatic N) is 1. The molecule has 0 unspecified atom stereocenters. The van der Waals surface area contributed by atoms with Gasteiger partial charge in [-0.2, -0.15) is 0 Å². The number of amides is 1. The maximum absolute atomic E-state index is 12.4. The van der Waals surface area contributed by atoms with E-state index < -0.39 is 0 Å². The molecule has 0 fully saturated rings.